The highest BCUT2D eigenvalue weighted by atomic mass is 35.5. The first kappa shape index (κ1) is 33.1. The molecule has 7 nitrogen and oxygen atoms in total. The van der Waals surface area contributed by atoms with E-state index in [1.807, 2.05) is 30.3 Å². The summed E-state index contributed by atoms with van der Waals surface area (Å²) < 4.78 is 26.5. The molecule has 0 aromatic heterocycles. The van der Waals surface area contributed by atoms with Gasteiger partial charge in [-0.1, -0.05) is 84.0 Å². The van der Waals surface area contributed by atoms with Crippen LogP contribution in [0, 0.1) is 0 Å². The van der Waals surface area contributed by atoms with Crippen molar-refractivity contribution in [2.75, 3.05) is 17.1 Å². The zero-order valence-corrected chi connectivity index (χ0v) is 27.1. The number of benzene rings is 3. The number of anilines is 1. The van der Waals surface area contributed by atoms with Gasteiger partial charge < -0.3 is 10.2 Å². The van der Waals surface area contributed by atoms with Gasteiger partial charge >= 0.3 is 0 Å². The van der Waals surface area contributed by atoms with Crippen molar-refractivity contribution in [3.63, 3.8) is 0 Å². The van der Waals surface area contributed by atoms with Gasteiger partial charge in [-0.05, 0) is 61.2 Å². The lowest BCUT2D eigenvalue weighted by Gasteiger charge is -2.33. The summed E-state index contributed by atoms with van der Waals surface area (Å²) in [7, 11) is -3.63. The Kier molecular flexibility index (Phi) is 11.8. The minimum Gasteiger partial charge on any atom is -0.352 e. The van der Waals surface area contributed by atoms with E-state index in [1.54, 1.807) is 42.5 Å². The van der Waals surface area contributed by atoms with Crippen LogP contribution in [0.25, 0.3) is 0 Å². The zero-order chi connectivity index (χ0) is 31.0. The Labute approximate surface area is 269 Å². The fraction of sp³-hybridized carbons (Fsp3) is 0.375. The molecule has 0 aliphatic heterocycles. The maximum atomic E-state index is 14.0. The summed E-state index contributed by atoms with van der Waals surface area (Å²) in [6.45, 7) is 0.102. The zero-order valence-electron chi connectivity index (χ0n) is 24.0. The molecule has 3 aromatic rings. The Morgan fingerprint density at radius 1 is 0.907 bits per heavy atom. The number of carbonyl (C=O) groups is 2. The second-order valence-corrected chi connectivity index (χ2v) is 14.0. The van der Waals surface area contributed by atoms with E-state index in [1.165, 1.54) is 9.21 Å². The minimum atomic E-state index is -3.63. The average molecular weight is 665 g/mol. The van der Waals surface area contributed by atoms with Crippen molar-refractivity contribution < 1.29 is 18.0 Å². The average Bonchev–Trinajstić information content (AvgIpc) is 3.48. The third-order valence-corrected chi connectivity index (χ3v) is 9.78. The van der Waals surface area contributed by atoms with Crippen molar-refractivity contribution >= 4 is 62.3 Å². The molecular weight excluding hydrogens is 629 g/mol. The topological polar surface area (TPSA) is 86.8 Å². The molecule has 230 valence electrons. The molecule has 0 heterocycles. The Bertz CT molecular complexity index is 1480. The summed E-state index contributed by atoms with van der Waals surface area (Å²) in [4.78, 5) is 29.4. The molecule has 0 bridgehead atoms. The summed E-state index contributed by atoms with van der Waals surface area (Å²) in [6, 6.07) is 20.4. The van der Waals surface area contributed by atoms with E-state index in [0.717, 1.165) is 37.5 Å². The van der Waals surface area contributed by atoms with E-state index < -0.39 is 16.1 Å². The predicted molar refractivity (Wildman–Crippen MR) is 174 cm³/mol. The molecule has 1 aliphatic rings. The lowest BCUT2D eigenvalue weighted by molar-refractivity contribution is -0.141. The Balaban J connectivity index is 1.62. The van der Waals surface area contributed by atoms with Crippen LogP contribution in [0.5, 0.6) is 0 Å². The lowest BCUT2D eigenvalue weighted by atomic mass is 10.0. The number of hydrogen-bond donors (Lipinski definition) is 1. The highest BCUT2D eigenvalue weighted by Crippen LogP contribution is 2.28. The Morgan fingerprint density at radius 2 is 1.53 bits per heavy atom. The number of nitrogens with one attached hydrogen (secondary N) is 1. The van der Waals surface area contributed by atoms with Gasteiger partial charge in [0.1, 0.15) is 6.04 Å². The quantitative estimate of drug-likeness (QED) is 0.216. The predicted octanol–water partition coefficient (Wildman–Crippen LogP) is 6.89. The standard InChI is InChI=1S/C32H36Cl3N3O4S/c1-43(41,42)38(26-18-16-24(33)17-19-26)20-8-15-31(39)37(22-27-28(34)13-7-14-29(27)35)30(21-23-9-3-2-4-10-23)32(40)36-25-11-5-6-12-25/h2-4,7,9-10,13-14,16-19,25,30H,5-6,8,11-12,15,20-22H2,1H3,(H,36,40)/t30-/m0/s1. The molecule has 1 saturated carbocycles. The lowest BCUT2D eigenvalue weighted by Crippen LogP contribution is -2.52. The molecule has 0 radical (unpaired) electrons. The van der Waals surface area contributed by atoms with Gasteiger partial charge in [-0.3, -0.25) is 13.9 Å². The number of halogens is 3. The van der Waals surface area contributed by atoms with E-state index in [0.29, 0.717) is 32.7 Å². The van der Waals surface area contributed by atoms with Crippen LogP contribution in [0.1, 0.15) is 49.7 Å². The van der Waals surface area contributed by atoms with Gasteiger partial charge in [0.25, 0.3) is 0 Å². The molecule has 0 spiro atoms. The summed E-state index contributed by atoms with van der Waals surface area (Å²) in [6.07, 6.45) is 5.56. The molecule has 4 rings (SSSR count). The molecule has 43 heavy (non-hydrogen) atoms. The third-order valence-electron chi connectivity index (χ3n) is 7.63. The van der Waals surface area contributed by atoms with Crippen molar-refractivity contribution in [3.8, 4) is 0 Å². The SMILES string of the molecule is CS(=O)(=O)N(CCCC(=O)N(Cc1c(Cl)cccc1Cl)[C@@H](Cc1ccccc1)C(=O)NC1CCCC1)c1ccc(Cl)cc1. The van der Waals surface area contributed by atoms with Crippen LogP contribution in [0.4, 0.5) is 5.69 Å². The van der Waals surface area contributed by atoms with Crippen molar-refractivity contribution in [1.82, 2.24) is 10.2 Å². The highest BCUT2D eigenvalue weighted by Gasteiger charge is 2.33. The van der Waals surface area contributed by atoms with Crippen LogP contribution in [-0.4, -0.2) is 50.0 Å². The maximum Gasteiger partial charge on any atom is 0.243 e. The van der Waals surface area contributed by atoms with Crippen LogP contribution in [0.3, 0.4) is 0 Å². The van der Waals surface area contributed by atoms with Crippen LogP contribution in [0.15, 0.2) is 72.8 Å². The number of hydrogen-bond acceptors (Lipinski definition) is 4. The highest BCUT2D eigenvalue weighted by molar-refractivity contribution is 7.92. The normalized spacial score (nSPS) is 14.3. The van der Waals surface area contributed by atoms with Crippen LogP contribution < -0.4 is 9.62 Å². The summed E-state index contributed by atoms with van der Waals surface area (Å²) in [5.41, 5.74) is 1.91. The minimum absolute atomic E-state index is 0.00365. The van der Waals surface area contributed by atoms with E-state index in [2.05, 4.69) is 5.32 Å². The summed E-state index contributed by atoms with van der Waals surface area (Å²) in [5.74, 6) is -0.533. The van der Waals surface area contributed by atoms with Gasteiger partial charge in [0.15, 0.2) is 0 Å². The van der Waals surface area contributed by atoms with Crippen molar-refractivity contribution in [1.29, 1.82) is 0 Å². The number of amides is 2. The Hall–Kier alpha value is -2.78. The van der Waals surface area contributed by atoms with Gasteiger partial charge in [0.05, 0.1) is 11.9 Å². The number of rotatable bonds is 13. The van der Waals surface area contributed by atoms with Crippen LogP contribution in [0.2, 0.25) is 15.1 Å². The van der Waals surface area contributed by atoms with Crippen LogP contribution >= 0.6 is 34.8 Å². The van der Waals surface area contributed by atoms with Gasteiger partial charge in [-0.15, -0.1) is 0 Å². The first-order valence-corrected chi connectivity index (χ1v) is 17.3. The molecule has 1 N–H and O–H groups in total. The molecular formula is C32H36Cl3N3O4S. The van der Waals surface area contributed by atoms with Gasteiger partial charge in [-0.25, -0.2) is 8.42 Å². The molecule has 1 aliphatic carbocycles. The molecule has 11 heteroatoms. The summed E-state index contributed by atoms with van der Waals surface area (Å²) in [5, 5.41) is 4.45. The Morgan fingerprint density at radius 3 is 2.14 bits per heavy atom. The number of carbonyl (C=O) groups excluding carboxylic acids is 2. The summed E-state index contributed by atoms with van der Waals surface area (Å²) >= 11 is 19.1. The van der Waals surface area contributed by atoms with Crippen molar-refractivity contribution in [3.05, 3.63) is 99.0 Å². The second-order valence-electron chi connectivity index (χ2n) is 10.8. The van der Waals surface area contributed by atoms with Crippen molar-refractivity contribution in [2.45, 2.75) is 63.6 Å². The molecule has 0 saturated heterocycles. The molecule has 2 amide bonds. The van der Waals surface area contributed by atoms with Gasteiger partial charge in [0, 0.05) is 52.6 Å². The van der Waals surface area contributed by atoms with E-state index in [9.17, 15) is 18.0 Å². The number of nitrogens with zero attached hydrogens (tertiary/aromatic N) is 2. The molecule has 1 atom stereocenters. The van der Waals surface area contributed by atoms with E-state index in [4.69, 9.17) is 34.8 Å². The maximum absolute atomic E-state index is 14.0. The molecule has 3 aromatic carbocycles. The fourth-order valence-electron chi connectivity index (χ4n) is 5.39. The van der Waals surface area contributed by atoms with Crippen LogP contribution in [-0.2, 0) is 32.6 Å². The van der Waals surface area contributed by atoms with Crippen molar-refractivity contribution in [2.24, 2.45) is 0 Å². The molecule has 1 fully saturated rings. The fourth-order valence-corrected chi connectivity index (χ4v) is 6.99. The monoisotopic (exact) mass is 663 g/mol. The smallest absolute Gasteiger partial charge is 0.243 e. The van der Waals surface area contributed by atoms with E-state index >= 15 is 0 Å². The van der Waals surface area contributed by atoms with Gasteiger partial charge in [0.2, 0.25) is 21.8 Å². The van der Waals surface area contributed by atoms with E-state index in [-0.39, 0.29) is 43.8 Å². The van der Waals surface area contributed by atoms with Gasteiger partial charge in [-0.2, -0.15) is 0 Å². The largest absolute Gasteiger partial charge is 0.352 e. The first-order chi connectivity index (χ1) is 20.5. The first-order valence-electron chi connectivity index (χ1n) is 14.3. The molecule has 0 unspecified atom stereocenters. The number of sulfonamides is 1. The third kappa shape index (κ3) is 9.35. The second kappa shape index (κ2) is 15.3.